The molecule has 4 nitrogen and oxygen atoms in total. The number of Topliss-reactive ketones (excluding diaryl/α,β-unsaturated/α-hetero) is 1. The van der Waals surface area contributed by atoms with Crippen molar-refractivity contribution in [3.8, 4) is 11.3 Å². The lowest BCUT2D eigenvalue weighted by Crippen LogP contribution is -2.26. The van der Waals surface area contributed by atoms with E-state index in [-0.39, 0.29) is 11.2 Å². The third-order valence-corrected chi connectivity index (χ3v) is 5.06. The fraction of sp³-hybridized carbons (Fsp3) is 0.304. The number of pyridine rings is 1. The van der Waals surface area contributed by atoms with Crippen molar-refractivity contribution in [3.63, 3.8) is 0 Å². The van der Waals surface area contributed by atoms with Gasteiger partial charge in [0.1, 0.15) is 0 Å². The predicted octanol–water partition coefficient (Wildman–Crippen LogP) is 5.59. The number of nitrogens with zero attached hydrogens (tertiary/aromatic N) is 1. The van der Waals surface area contributed by atoms with Crippen LogP contribution in [0.4, 0.5) is 11.4 Å². The molecule has 0 fully saturated rings. The first-order chi connectivity index (χ1) is 12.8. The van der Waals surface area contributed by atoms with Crippen LogP contribution in [0.25, 0.3) is 11.3 Å². The second-order valence-corrected chi connectivity index (χ2v) is 8.30. The van der Waals surface area contributed by atoms with Gasteiger partial charge in [0.2, 0.25) is 0 Å². The van der Waals surface area contributed by atoms with Crippen LogP contribution in [-0.4, -0.2) is 15.8 Å². The van der Waals surface area contributed by atoms with Crippen LogP contribution in [0.1, 0.15) is 47.7 Å². The van der Waals surface area contributed by atoms with E-state index in [0.717, 1.165) is 51.7 Å². The predicted molar refractivity (Wildman–Crippen MR) is 110 cm³/mol. The highest BCUT2D eigenvalue weighted by Gasteiger charge is 2.35. The third kappa shape index (κ3) is 3.39. The Balaban J connectivity index is 1.91. The molecule has 27 heavy (non-hydrogen) atoms. The quantitative estimate of drug-likeness (QED) is 0.641. The van der Waals surface area contributed by atoms with Crippen LogP contribution in [0.5, 0.6) is 0 Å². The lowest BCUT2D eigenvalue weighted by Gasteiger charge is -2.28. The fourth-order valence-corrected chi connectivity index (χ4v) is 4.04. The van der Waals surface area contributed by atoms with Crippen molar-refractivity contribution in [1.29, 1.82) is 0 Å². The summed E-state index contributed by atoms with van der Waals surface area (Å²) in [5.74, 6) is 0.199. The number of rotatable bonds is 3. The van der Waals surface area contributed by atoms with Gasteiger partial charge in [0.15, 0.2) is 5.78 Å². The molecule has 2 aromatic heterocycles. The van der Waals surface area contributed by atoms with E-state index >= 15 is 0 Å². The zero-order valence-corrected chi connectivity index (χ0v) is 16.3. The van der Waals surface area contributed by atoms with Crippen molar-refractivity contribution < 1.29 is 4.79 Å². The van der Waals surface area contributed by atoms with E-state index in [2.05, 4.69) is 41.3 Å². The van der Waals surface area contributed by atoms with Gasteiger partial charge in [0, 0.05) is 34.8 Å². The van der Waals surface area contributed by atoms with E-state index in [0.29, 0.717) is 6.42 Å². The number of nitrogens with one attached hydrogen (secondary N) is 2. The summed E-state index contributed by atoms with van der Waals surface area (Å²) in [4.78, 5) is 21.1. The standard InChI is InChI=1S/C23H25N3O/c1-14-10-16(11-15(2)24-14)21-22(25-17-8-6-5-7-9-17)20-18(26-21)12-23(3,4)13-19(20)27/h5-11,25-26H,12-13H2,1-4H3. The van der Waals surface area contributed by atoms with Crippen LogP contribution in [0.2, 0.25) is 0 Å². The molecule has 1 aromatic carbocycles. The first kappa shape index (κ1) is 17.5. The van der Waals surface area contributed by atoms with Gasteiger partial charge in [-0.15, -0.1) is 0 Å². The molecule has 0 unspecified atom stereocenters. The maximum absolute atomic E-state index is 13.0. The maximum Gasteiger partial charge on any atom is 0.167 e. The third-order valence-electron chi connectivity index (χ3n) is 5.06. The van der Waals surface area contributed by atoms with Crippen LogP contribution >= 0.6 is 0 Å². The molecular formula is C23H25N3O. The molecule has 0 bridgehead atoms. The Bertz CT molecular complexity index is 995. The monoisotopic (exact) mass is 359 g/mol. The Kier molecular flexibility index (Phi) is 4.14. The molecule has 0 radical (unpaired) electrons. The van der Waals surface area contributed by atoms with Crippen molar-refractivity contribution in [1.82, 2.24) is 9.97 Å². The summed E-state index contributed by atoms with van der Waals surface area (Å²) in [6.45, 7) is 8.30. The topological polar surface area (TPSA) is 57.8 Å². The molecule has 1 aliphatic rings. The van der Waals surface area contributed by atoms with Crippen LogP contribution < -0.4 is 5.32 Å². The Morgan fingerprint density at radius 1 is 1.04 bits per heavy atom. The second-order valence-electron chi connectivity index (χ2n) is 8.30. The van der Waals surface area contributed by atoms with Crippen LogP contribution in [-0.2, 0) is 6.42 Å². The minimum Gasteiger partial charge on any atom is -0.356 e. The van der Waals surface area contributed by atoms with Crippen molar-refractivity contribution in [3.05, 3.63) is 65.1 Å². The number of para-hydroxylation sites is 1. The number of aromatic amines is 1. The summed E-state index contributed by atoms with van der Waals surface area (Å²) in [5.41, 5.74) is 7.60. The first-order valence-electron chi connectivity index (χ1n) is 9.38. The Morgan fingerprint density at radius 3 is 2.37 bits per heavy atom. The number of fused-ring (bicyclic) bond motifs is 1. The normalized spacial score (nSPS) is 15.5. The number of carbonyl (C=O) groups is 1. The summed E-state index contributed by atoms with van der Waals surface area (Å²) >= 11 is 0. The molecule has 1 aliphatic carbocycles. The van der Waals surface area contributed by atoms with Gasteiger partial charge in [-0.2, -0.15) is 0 Å². The molecule has 0 amide bonds. The van der Waals surface area contributed by atoms with Crippen LogP contribution in [0.15, 0.2) is 42.5 Å². The van der Waals surface area contributed by atoms with E-state index in [1.165, 1.54) is 0 Å². The average Bonchev–Trinajstić information content (AvgIpc) is 2.92. The minimum atomic E-state index is -0.0275. The van der Waals surface area contributed by atoms with Crippen LogP contribution in [0.3, 0.4) is 0 Å². The van der Waals surface area contributed by atoms with Gasteiger partial charge >= 0.3 is 0 Å². The molecule has 4 rings (SSSR count). The largest absolute Gasteiger partial charge is 0.356 e. The zero-order valence-electron chi connectivity index (χ0n) is 16.3. The minimum absolute atomic E-state index is 0.0275. The number of anilines is 2. The maximum atomic E-state index is 13.0. The van der Waals surface area contributed by atoms with E-state index < -0.39 is 0 Å². The molecular weight excluding hydrogens is 334 g/mol. The molecule has 0 atom stereocenters. The number of hydrogen-bond donors (Lipinski definition) is 2. The lowest BCUT2D eigenvalue weighted by atomic mass is 9.76. The lowest BCUT2D eigenvalue weighted by molar-refractivity contribution is 0.0912. The summed E-state index contributed by atoms with van der Waals surface area (Å²) < 4.78 is 0. The highest BCUT2D eigenvalue weighted by Crippen LogP contribution is 2.43. The van der Waals surface area contributed by atoms with E-state index in [1.54, 1.807) is 0 Å². The van der Waals surface area contributed by atoms with Gasteiger partial charge in [-0.3, -0.25) is 9.78 Å². The molecule has 3 aromatic rings. The van der Waals surface area contributed by atoms with Crippen molar-refractivity contribution in [2.45, 2.75) is 40.5 Å². The van der Waals surface area contributed by atoms with Gasteiger partial charge in [0.25, 0.3) is 0 Å². The highest BCUT2D eigenvalue weighted by molar-refractivity contribution is 6.07. The van der Waals surface area contributed by atoms with Crippen molar-refractivity contribution in [2.24, 2.45) is 5.41 Å². The summed E-state index contributed by atoms with van der Waals surface area (Å²) in [6.07, 6.45) is 1.43. The molecule has 2 N–H and O–H groups in total. The smallest absolute Gasteiger partial charge is 0.167 e. The summed E-state index contributed by atoms with van der Waals surface area (Å²) in [6, 6.07) is 14.1. The van der Waals surface area contributed by atoms with E-state index in [4.69, 9.17) is 0 Å². The van der Waals surface area contributed by atoms with Gasteiger partial charge in [-0.25, -0.2) is 0 Å². The summed E-state index contributed by atoms with van der Waals surface area (Å²) in [7, 11) is 0. The Morgan fingerprint density at radius 2 is 1.70 bits per heavy atom. The number of carbonyl (C=O) groups excluding carboxylic acids is 1. The first-order valence-corrected chi connectivity index (χ1v) is 9.38. The number of H-pyrrole nitrogens is 1. The van der Waals surface area contributed by atoms with Gasteiger partial charge in [-0.05, 0) is 49.9 Å². The van der Waals surface area contributed by atoms with Crippen LogP contribution in [0, 0.1) is 19.3 Å². The van der Waals surface area contributed by atoms with Gasteiger partial charge in [0.05, 0.1) is 16.9 Å². The van der Waals surface area contributed by atoms with E-state index in [9.17, 15) is 4.79 Å². The SMILES string of the molecule is Cc1cc(-c2[nH]c3c(c2Nc2ccccc2)C(=O)CC(C)(C)C3)cc(C)n1. The van der Waals surface area contributed by atoms with Crippen molar-refractivity contribution in [2.75, 3.05) is 5.32 Å². The Labute approximate surface area is 160 Å². The molecule has 0 spiro atoms. The van der Waals surface area contributed by atoms with Gasteiger partial charge in [-0.1, -0.05) is 32.0 Å². The van der Waals surface area contributed by atoms with Gasteiger partial charge < -0.3 is 10.3 Å². The summed E-state index contributed by atoms with van der Waals surface area (Å²) in [5, 5.41) is 3.50. The molecule has 138 valence electrons. The zero-order chi connectivity index (χ0) is 19.2. The number of aromatic nitrogens is 2. The average molecular weight is 359 g/mol. The molecule has 0 aliphatic heterocycles. The highest BCUT2D eigenvalue weighted by atomic mass is 16.1. The molecule has 0 saturated carbocycles. The number of hydrogen-bond acceptors (Lipinski definition) is 3. The number of benzene rings is 1. The molecule has 4 heteroatoms. The number of ketones is 1. The second kappa shape index (κ2) is 6.38. The van der Waals surface area contributed by atoms with E-state index in [1.807, 2.05) is 44.2 Å². The Hall–Kier alpha value is -2.88. The molecule has 2 heterocycles. The van der Waals surface area contributed by atoms with Crippen molar-refractivity contribution >= 4 is 17.2 Å². The molecule has 0 saturated heterocycles. The fourth-order valence-electron chi connectivity index (χ4n) is 4.04. The number of aryl methyl sites for hydroxylation is 2.